The Hall–Kier alpha value is -3.46. The second-order valence-corrected chi connectivity index (χ2v) is 7.74. The summed E-state index contributed by atoms with van der Waals surface area (Å²) in [5.74, 6) is 1.02. The molecule has 2 aromatic carbocycles. The SMILES string of the molecule is COc1cc2c(N[C@H](C)c3ccc(F)c(N)c3)nc(C)nc2cc1C(=O)N1CCOCC1. The summed E-state index contributed by atoms with van der Waals surface area (Å²) in [6.45, 7) is 5.83. The van der Waals surface area contributed by atoms with Crippen LogP contribution in [0.25, 0.3) is 10.9 Å². The van der Waals surface area contributed by atoms with Crippen molar-refractivity contribution in [2.45, 2.75) is 19.9 Å². The summed E-state index contributed by atoms with van der Waals surface area (Å²) in [5, 5.41) is 4.07. The average molecular weight is 439 g/mol. The van der Waals surface area contributed by atoms with E-state index >= 15 is 0 Å². The third-order valence-corrected chi connectivity index (χ3v) is 5.53. The van der Waals surface area contributed by atoms with Crippen LogP contribution in [0, 0.1) is 12.7 Å². The number of carbonyl (C=O) groups excluding carboxylic acids is 1. The van der Waals surface area contributed by atoms with E-state index in [1.807, 2.05) is 6.92 Å². The van der Waals surface area contributed by atoms with Crippen molar-refractivity contribution in [3.63, 3.8) is 0 Å². The quantitative estimate of drug-likeness (QED) is 0.588. The van der Waals surface area contributed by atoms with Gasteiger partial charge in [-0.2, -0.15) is 0 Å². The Kier molecular flexibility index (Phi) is 6.09. The molecule has 1 amide bonds. The Bertz CT molecular complexity index is 1160. The van der Waals surface area contributed by atoms with Crippen LogP contribution in [0.2, 0.25) is 0 Å². The minimum absolute atomic E-state index is 0.0906. The lowest BCUT2D eigenvalue weighted by atomic mass is 10.1. The summed E-state index contributed by atoms with van der Waals surface area (Å²) in [6, 6.07) is 7.94. The van der Waals surface area contributed by atoms with Crippen LogP contribution < -0.4 is 15.8 Å². The molecule has 1 aliphatic rings. The number of carbonyl (C=O) groups is 1. The standard InChI is InChI=1S/C23H26FN5O3/c1-13(15-4-5-18(24)19(25)10-15)26-22-16-12-21(31-3)17(11-20(16)27-14(2)28-22)23(30)29-6-8-32-9-7-29/h4-5,10-13H,6-9,25H2,1-3H3,(H,26,27,28)/t13-/m1/s1. The molecule has 168 valence electrons. The maximum atomic E-state index is 13.6. The first kappa shape index (κ1) is 21.8. The van der Waals surface area contributed by atoms with Gasteiger partial charge in [0.15, 0.2) is 0 Å². The molecule has 1 aliphatic heterocycles. The highest BCUT2D eigenvalue weighted by molar-refractivity contribution is 6.02. The topological polar surface area (TPSA) is 103 Å². The summed E-state index contributed by atoms with van der Waals surface area (Å²) in [4.78, 5) is 23.9. The molecule has 1 saturated heterocycles. The number of hydrogen-bond donors (Lipinski definition) is 2. The van der Waals surface area contributed by atoms with E-state index in [0.717, 1.165) is 5.56 Å². The molecule has 3 aromatic rings. The summed E-state index contributed by atoms with van der Waals surface area (Å²) < 4.78 is 24.5. The first-order valence-electron chi connectivity index (χ1n) is 10.4. The van der Waals surface area contributed by atoms with Gasteiger partial charge < -0.3 is 25.4 Å². The molecule has 0 bridgehead atoms. The molecule has 4 rings (SSSR count). The molecule has 32 heavy (non-hydrogen) atoms. The van der Waals surface area contributed by atoms with Gasteiger partial charge in [-0.1, -0.05) is 6.07 Å². The van der Waals surface area contributed by atoms with Gasteiger partial charge in [0.25, 0.3) is 5.91 Å². The predicted molar refractivity (Wildman–Crippen MR) is 120 cm³/mol. The number of aryl methyl sites for hydroxylation is 1. The van der Waals surface area contributed by atoms with Crippen molar-refractivity contribution in [3.05, 3.63) is 53.1 Å². The molecule has 0 unspecified atom stereocenters. The van der Waals surface area contributed by atoms with Crippen LogP contribution >= 0.6 is 0 Å². The smallest absolute Gasteiger partial charge is 0.257 e. The van der Waals surface area contributed by atoms with Crippen LogP contribution in [-0.4, -0.2) is 54.2 Å². The third kappa shape index (κ3) is 4.29. The third-order valence-electron chi connectivity index (χ3n) is 5.53. The summed E-state index contributed by atoms with van der Waals surface area (Å²) >= 11 is 0. The fourth-order valence-corrected chi connectivity index (χ4v) is 3.77. The van der Waals surface area contributed by atoms with Crippen molar-refractivity contribution in [2.24, 2.45) is 0 Å². The highest BCUT2D eigenvalue weighted by atomic mass is 19.1. The van der Waals surface area contributed by atoms with Crippen LogP contribution in [0.1, 0.15) is 34.7 Å². The number of rotatable bonds is 5. The molecule has 8 nitrogen and oxygen atoms in total. The predicted octanol–water partition coefficient (Wildman–Crippen LogP) is 3.31. The highest BCUT2D eigenvalue weighted by Crippen LogP contribution is 2.32. The lowest BCUT2D eigenvalue weighted by Crippen LogP contribution is -2.40. The van der Waals surface area contributed by atoms with Gasteiger partial charge in [0.05, 0.1) is 43.1 Å². The number of hydrogen-bond acceptors (Lipinski definition) is 7. The number of fused-ring (bicyclic) bond motifs is 1. The monoisotopic (exact) mass is 439 g/mol. The summed E-state index contributed by atoms with van der Waals surface area (Å²) in [5.41, 5.74) is 7.71. The molecule has 2 heterocycles. The molecule has 3 N–H and O–H groups in total. The lowest BCUT2D eigenvalue weighted by molar-refractivity contribution is 0.0301. The molecule has 0 spiro atoms. The Labute approximate surface area is 185 Å². The van der Waals surface area contributed by atoms with Gasteiger partial charge in [-0.15, -0.1) is 0 Å². The normalized spacial score (nSPS) is 14.9. The number of amides is 1. The van der Waals surface area contributed by atoms with E-state index in [2.05, 4.69) is 15.3 Å². The second-order valence-electron chi connectivity index (χ2n) is 7.74. The van der Waals surface area contributed by atoms with E-state index < -0.39 is 5.82 Å². The van der Waals surface area contributed by atoms with Crippen molar-refractivity contribution in [3.8, 4) is 5.75 Å². The number of halogens is 1. The fraction of sp³-hybridized carbons (Fsp3) is 0.348. The Balaban J connectivity index is 1.72. The molecule has 9 heteroatoms. The first-order valence-corrected chi connectivity index (χ1v) is 10.4. The van der Waals surface area contributed by atoms with Crippen LogP contribution in [0.5, 0.6) is 5.75 Å². The molecule has 0 aliphatic carbocycles. The Morgan fingerprint density at radius 2 is 2.00 bits per heavy atom. The molecule has 0 radical (unpaired) electrons. The first-order chi connectivity index (χ1) is 15.4. The maximum Gasteiger partial charge on any atom is 0.257 e. The Morgan fingerprint density at radius 3 is 2.69 bits per heavy atom. The number of nitrogens with zero attached hydrogens (tertiary/aromatic N) is 3. The number of nitrogen functional groups attached to an aromatic ring is 1. The fourth-order valence-electron chi connectivity index (χ4n) is 3.77. The number of aromatic nitrogens is 2. The van der Waals surface area contributed by atoms with E-state index in [-0.39, 0.29) is 17.6 Å². The van der Waals surface area contributed by atoms with Crippen molar-refractivity contribution in [1.82, 2.24) is 14.9 Å². The molecule has 1 aromatic heterocycles. The zero-order valence-corrected chi connectivity index (χ0v) is 18.3. The number of nitrogens with one attached hydrogen (secondary N) is 1. The van der Waals surface area contributed by atoms with Gasteiger partial charge in [-0.05, 0) is 43.7 Å². The zero-order chi connectivity index (χ0) is 22.8. The second kappa shape index (κ2) is 8.96. The van der Waals surface area contributed by atoms with Crippen LogP contribution in [-0.2, 0) is 4.74 Å². The minimum Gasteiger partial charge on any atom is -0.496 e. The van der Waals surface area contributed by atoms with Crippen LogP contribution in [0.15, 0.2) is 30.3 Å². The van der Waals surface area contributed by atoms with Crippen molar-refractivity contribution in [1.29, 1.82) is 0 Å². The largest absolute Gasteiger partial charge is 0.496 e. The van der Waals surface area contributed by atoms with Crippen molar-refractivity contribution < 1.29 is 18.7 Å². The molecule has 1 fully saturated rings. The van der Waals surface area contributed by atoms with Crippen molar-refractivity contribution in [2.75, 3.05) is 44.5 Å². The average Bonchev–Trinajstić information content (AvgIpc) is 2.80. The van der Waals surface area contributed by atoms with E-state index in [1.165, 1.54) is 13.2 Å². The Morgan fingerprint density at radius 1 is 1.25 bits per heavy atom. The summed E-state index contributed by atoms with van der Waals surface area (Å²) in [7, 11) is 1.53. The van der Waals surface area contributed by atoms with E-state index in [9.17, 15) is 9.18 Å². The number of methoxy groups -OCH3 is 1. The van der Waals surface area contributed by atoms with Crippen LogP contribution in [0.4, 0.5) is 15.9 Å². The molecular weight excluding hydrogens is 413 g/mol. The van der Waals surface area contributed by atoms with E-state index in [0.29, 0.717) is 60.2 Å². The number of benzene rings is 2. The number of morpholine rings is 1. The number of nitrogens with two attached hydrogens (primary N) is 1. The molecule has 0 saturated carbocycles. The van der Waals surface area contributed by atoms with Gasteiger partial charge in [0, 0.05) is 18.5 Å². The maximum absolute atomic E-state index is 13.6. The van der Waals surface area contributed by atoms with Gasteiger partial charge in [0.2, 0.25) is 0 Å². The van der Waals surface area contributed by atoms with Gasteiger partial charge >= 0.3 is 0 Å². The number of anilines is 2. The number of ether oxygens (including phenoxy) is 2. The van der Waals surface area contributed by atoms with Gasteiger partial charge in [-0.3, -0.25) is 4.79 Å². The minimum atomic E-state index is -0.452. The van der Waals surface area contributed by atoms with Crippen LogP contribution in [0.3, 0.4) is 0 Å². The molecule has 1 atom stereocenters. The van der Waals surface area contributed by atoms with Crippen molar-refractivity contribution >= 4 is 28.3 Å². The summed E-state index contributed by atoms with van der Waals surface area (Å²) in [6.07, 6.45) is 0. The van der Waals surface area contributed by atoms with Gasteiger partial charge in [-0.25, -0.2) is 14.4 Å². The van der Waals surface area contributed by atoms with E-state index in [4.69, 9.17) is 15.2 Å². The lowest BCUT2D eigenvalue weighted by Gasteiger charge is -2.27. The zero-order valence-electron chi connectivity index (χ0n) is 18.3. The molecular formula is C23H26FN5O3. The highest BCUT2D eigenvalue weighted by Gasteiger charge is 2.23. The van der Waals surface area contributed by atoms with E-state index in [1.54, 1.807) is 36.1 Å². The van der Waals surface area contributed by atoms with Gasteiger partial charge in [0.1, 0.15) is 23.2 Å².